The van der Waals surface area contributed by atoms with Gasteiger partial charge >= 0.3 is 11.9 Å². The highest BCUT2D eigenvalue weighted by atomic mass is 79.9. The third kappa shape index (κ3) is 8.91. The number of nitrogens with zero attached hydrogens (tertiary/aromatic N) is 3. The molecule has 0 aliphatic rings. The Hall–Kier alpha value is -3.31. The summed E-state index contributed by atoms with van der Waals surface area (Å²) in [5.41, 5.74) is 1.40. The van der Waals surface area contributed by atoms with Crippen LogP contribution in [-0.4, -0.2) is 67.5 Å². The van der Waals surface area contributed by atoms with E-state index in [1.165, 1.54) is 0 Å². The molecule has 9 nitrogen and oxygen atoms in total. The first-order valence-corrected chi connectivity index (χ1v) is 13.4. The lowest BCUT2D eigenvalue weighted by Crippen LogP contribution is -2.27. The van der Waals surface area contributed by atoms with E-state index in [1.54, 1.807) is 36.4 Å². The van der Waals surface area contributed by atoms with Crippen molar-refractivity contribution >= 4 is 55.4 Å². The van der Waals surface area contributed by atoms with Gasteiger partial charge in [0.05, 0.1) is 34.9 Å². The van der Waals surface area contributed by atoms with Crippen molar-refractivity contribution in [2.45, 2.75) is 12.8 Å². The molecule has 1 heterocycles. The van der Waals surface area contributed by atoms with Crippen LogP contribution in [0.25, 0.3) is 0 Å². The van der Waals surface area contributed by atoms with Gasteiger partial charge in [-0.2, -0.15) is 0 Å². The standard InChI is InChI=1S/C27H29Br2N3O6/c1-31(10-12-37-22-8-6-18(14-20(22)28)16-26(33)34)24-4-3-5-25(30-24)32(2)11-13-38-23-9-7-19(15-21(23)29)17-27(35)36/h3-9,14-15H,10-13,16-17H2,1-2H3,(H,33,34)(H,35,36). The monoisotopic (exact) mass is 649 g/mol. The highest BCUT2D eigenvalue weighted by molar-refractivity contribution is 9.10. The van der Waals surface area contributed by atoms with Crippen LogP contribution in [-0.2, 0) is 22.4 Å². The minimum absolute atomic E-state index is 0.0383. The maximum absolute atomic E-state index is 10.9. The zero-order chi connectivity index (χ0) is 27.7. The topological polar surface area (TPSA) is 112 Å². The number of likely N-dealkylation sites (N-methyl/N-ethyl adjacent to an activating group) is 2. The first-order chi connectivity index (χ1) is 18.1. The fourth-order valence-corrected chi connectivity index (χ4v) is 4.62. The van der Waals surface area contributed by atoms with Crippen LogP contribution in [0.15, 0.2) is 63.5 Å². The smallest absolute Gasteiger partial charge is 0.307 e. The molecule has 3 rings (SSSR count). The second-order valence-corrected chi connectivity index (χ2v) is 10.3. The van der Waals surface area contributed by atoms with Gasteiger partial charge in [0, 0.05) is 14.1 Å². The van der Waals surface area contributed by atoms with E-state index in [2.05, 4.69) is 31.9 Å². The number of hydrogen-bond acceptors (Lipinski definition) is 7. The highest BCUT2D eigenvalue weighted by Crippen LogP contribution is 2.27. The summed E-state index contributed by atoms with van der Waals surface area (Å²) in [6.45, 7) is 2.03. The molecule has 0 aliphatic carbocycles. The lowest BCUT2D eigenvalue weighted by molar-refractivity contribution is -0.137. The number of anilines is 2. The Labute approximate surface area is 238 Å². The Morgan fingerprint density at radius 1 is 0.763 bits per heavy atom. The number of hydrogen-bond donors (Lipinski definition) is 2. The van der Waals surface area contributed by atoms with Crippen molar-refractivity contribution in [3.8, 4) is 11.5 Å². The number of carbonyl (C=O) groups is 2. The SMILES string of the molecule is CN(CCOc1ccc(CC(=O)O)cc1Br)c1cccc(N(C)CCOc2ccc(CC(=O)O)cc2Br)n1. The number of ether oxygens (including phenoxy) is 2. The Morgan fingerprint density at radius 3 is 1.55 bits per heavy atom. The van der Waals surface area contributed by atoms with Crippen molar-refractivity contribution in [1.29, 1.82) is 0 Å². The van der Waals surface area contributed by atoms with Crippen LogP contribution in [0.1, 0.15) is 11.1 Å². The van der Waals surface area contributed by atoms with Crippen molar-refractivity contribution in [3.05, 3.63) is 74.7 Å². The molecule has 0 spiro atoms. The molecule has 11 heteroatoms. The fraction of sp³-hybridized carbons (Fsp3) is 0.296. The Bertz CT molecular complexity index is 1180. The number of pyridine rings is 1. The van der Waals surface area contributed by atoms with E-state index >= 15 is 0 Å². The van der Waals surface area contributed by atoms with Crippen molar-refractivity contribution in [3.63, 3.8) is 0 Å². The van der Waals surface area contributed by atoms with Crippen molar-refractivity contribution < 1.29 is 29.3 Å². The number of halogens is 2. The summed E-state index contributed by atoms with van der Waals surface area (Å²) in [6.07, 6.45) is -0.0765. The average molecular weight is 651 g/mol. The maximum Gasteiger partial charge on any atom is 0.307 e. The molecule has 2 N–H and O–H groups in total. The zero-order valence-electron chi connectivity index (χ0n) is 21.1. The number of carboxylic acid groups (broad SMARTS) is 2. The molecule has 0 atom stereocenters. The van der Waals surface area contributed by atoms with E-state index in [9.17, 15) is 9.59 Å². The van der Waals surface area contributed by atoms with Gasteiger partial charge in [-0.1, -0.05) is 18.2 Å². The molecule has 0 saturated carbocycles. The normalized spacial score (nSPS) is 10.6. The van der Waals surface area contributed by atoms with Gasteiger partial charge in [0.15, 0.2) is 0 Å². The van der Waals surface area contributed by atoms with Crippen LogP contribution < -0.4 is 19.3 Å². The molecule has 0 aliphatic heterocycles. The molecule has 2 aromatic carbocycles. The molecule has 1 aromatic heterocycles. The number of aliphatic carboxylic acids is 2. The molecule has 0 unspecified atom stereocenters. The Morgan fingerprint density at radius 2 is 1.18 bits per heavy atom. The third-order valence-electron chi connectivity index (χ3n) is 5.57. The second kappa shape index (κ2) is 14.0. The van der Waals surface area contributed by atoms with Gasteiger partial charge < -0.3 is 29.5 Å². The van der Waals surface area contributed by atoms with Gasteiger partial charge in [-0.25, -0.2) is 4.98 Å². The minimum Gasteiger partial charge on any atom is -0.491 e. The minimum atomic E-state index is -0.877. The van der Waals surface area contributed by atoms with E-state index in [0.29, 0.717) is 57.9 Å². The second-order valence-electron chi connectivity index (χ2n) is 8.56. The Kier molecular flexibility index (Phi) is 10.8. The zero-order valence-corrected chi connectivity index (χ0v) is 24.2. The van der Waals surface area contributed by atoms with Gasteiger partial charge in [0.1, 0.15) is 36.3 Å². The first kappa shape index (κ1) is 29.2. The van der Waals surface area contributed by atoms with Gasteiger partial charge in [0.2, 0.25) is 0 Å². The predicted octanol–water partition coefficient (Wildman–Crippen LogP) is 4.89. The van der Waals surface area contributed by atoms with Gasteiger partial charge in [0.25, 0.3) is 0 Å². The summed E-state index contributed by atoms with van der Waals surface area (Å²) in [5.74, 6) is 1.14. The van der Waals surface area contributed by atoms with Crippen LogP contribution >= 0.6 is 31.9 Å². The van der Waals surface area contributed by atoms with Gasteiger partial charge in [-0.3, -0.25) is 9.59 Å². The molecule has 202 valence electrons. The number of aromatic nitrogens is 1. The molecule has 0 amide bonds. The van der Waals surface area contributed by atoms with Crippen LogP contribution in [0, 0.1) is 0 Å². The van der Waals surface area contributed by atoms with Gasteiger partial charge in [-0.15, -0.1) is 0 Å². The van der Waals surface area contributed by atoms with Gasteiger partial charge in [-0.05, 0) is 79.4 Å². The summed E-state index contributed by atoms with van der Waals surface area (Å²) in [4.78, 5) is 30.5. The maximum atomic E-state index is 10.9. The van der Waals surface area contributed by atoms with E-state index < -0.39 is 11.9 Å². The van der Waals surface area contributed by atoms with Crippen LogP contribution in [0.3, 0.4) is 0 Å². The number of rotatable bonds is 14. The predicted molar refractivity (Wildman–Crippen MR) is 153 cm³/mol. The average Bonchev–Trinajstić information content (AvgIpc) is 2.86. The number of benzene rings is 2. The molecule has 0 radical (unpaired) electrons. The van der Waals surface area contributed by atoms with Crippen molar-refractivity contribution in [1.82, 2.24) is 4.98 Å². The molecule has 0 bridgehead atoms. The van der Waals surface area contributed by atoms with Crippen LogP contribution in [0.5, 0.6) is 11.5 Å². The fourth-order valence-electron chi connectivity index (χ4n) is 3.54. The highest BCUT2D eigenvalue weighted by Gasteiger charge is 2.11. The molecule has 0 fully saturated rings. The molecular weight excluding hydrogens is 622 g/mol. The van der Waals surface area contributed by atoms with Crippen molar-refractivity contribution in [2.75, 3.05) is 50.2 Å². The largest absolute Gasteiger partial charge is 0.491 e. The summed E-state index contributed by atoms with van der Waals surface area (Å²) in [5, 5.41) is 17.9. The van der Waals surface area contributed by atoms with E-state index in [-0.39, 0.29) is 12.8 Å². The lowest BCUT2D eigenvalue weighted by Gasteiger charge is -2.23. The third-order valence-corrected chi connectivity index (χ3v) is 6.81. The summed E-state index contributed by atoms with van der Waals surface area (Å²) in [7, 11) is 3.88. The summed E-state index contributed by atoms with van der Waals surface area (Å²) < 4.78 is 13.2. The first-order valence-electron chi connectivity index (χ1n) is 11.8. The number of carboxylic acids is 2. The van der Waals surface area contributed by atoms with Crippen LogP contribution in [0.2, 0.25) is 0 Å². The quantitative estimate of drug-likeness (QED) is 0.252. The Balaban J connectivity index is 1.49. The summed E-state index contributed by atoms with van der Waals surface area (Å²) >= 11 is 6.88. The van der Waals surface area contributed by atoms with E-state index in [4.69, 9.17) is 24.7 Å². The summed E-state index contributed by atoms with van der Waals surface area (Å²) in [6, 6.07) is 16.3. The molecule has 38 heavy (non-hydrogen) atoms. The molecule has 3 aromatic rings. The van der Waals surface area contributed by atoms with E-state index in [0.717, 1.165) is 11.6 Å². The lowest BCUT2D eigenvalue weighted by atomic mass is 10.1. The van der Waals surface area contributed by atoms with Crippen LogP contribution in [0.4, 0.5) is 11.6 Å². The van der Waals surface area contributed by atoms with Crippen molar-refractivity contribution in [2.24, 2.45) is 0 Å². The van der Waals surface area contributed by atoms with E-state index in [1.807, 2.05) is 42.1 Å². The molecule has 0 saturated heterocycles. The molecular formula is C27H29Br2N3O6.